The number of thiazole rings is 1. The molecule has 0 aliphatic carbocycles. The zero-order valence-corrected chi connectivity index (χ0v) is 16.7. The molecule has 0 aliphatic rings. The third-order valence-corrected chi connectivity index (χ3v) is 4.99. The summed E-state index contributed by atoms with van der Waals surface area (Å²) < 4.78 is 0. The number of pyridine rings is 1. The summed E-state index contributed by atoms with van der Waals surface area (Å²) in [7, 11) is 0. The summed E-state index contributed by atoms with van der Waals surface area (Å²) in [5.41, 5.74) is 14.4. The molecule has 1 aromatic carbocycles. The zero-order valence-electron chi connectivity index (χ0n) is 15.8. The van der Waals surface area contributed by atoms with E-state index in [0.717, 1.165) is 29.8 Å². The third kappa shape index (κ3) is 6.53. The van der Waals surface area contributed by atoms with Crippen LogP contribution in [0.2, 0.25) is 0 Å². The van der Waals surface area contributed by atoms with Crippen LogP contribution >= 0.6 is 11.3 Å². The first-order chi connectivity index (χ1) is 14.0. The number of aliphatic hydroxyl groups excluding tert-OH is 1. The fourth-order valence-electron chi connectivity index (χ4n) is 2.73. The van der Waals surface area contributed by atoms with Crippen molar-refractivity contribution in [1.29, 1.82) is 0 Å². The summed E-state index contributed by atoms with van der Waals surface area (Å²) in [6.07, 6.45) is 1.95. The second-order valence-electron chi connectivity index (χ2n) is 6.59. The van der Waals surface area contributed by atoms with Gasteiger partial charge in [0.15, 0.2) is 5.13 Å². The topological polar surface area (TPSA) is 139 Å². The Bertz CT molecular complexity index is 927. The first-order valence-electron chi connectivity index (χ1n) is 9.18. The van der Waals surface area contributed by atoms with E-state index in [2.05, 4.69) is 20.6 Å². The summed E-state index contributed by atoms with van der Waals surface area (Å²) >= 11 is 1.32. The SMILES string of the molecule is Nc1ccc([C@@H](O)CNCCc2ccc(NC(=O)Cc3csc(N)n3)cc2)cn1. The van der Waals surface area contributed by atoms with Crippen molar-refractivity contribution in [3.63, 3.8) is 0 Å². The van der Waals surface area contributed by atoms with Gasteiger partial charge >= 0.3 is 0 Å². The highest BCUT2D eigenvalue weighted by molar-refractivity contribution is 7.13. The Hall–Kier alpha value is -3.01. The van der Waals surface area contributed by atoms with Crippen LogP contribution in [0.25, 0.3) is 0 Å². The number of nitrogens with one attached hydrogen (secondary N) is 2. The van der Waals surface area contributed by atoms with E-state index in [4.69, 9.17) is 11.5 Å². The number of nitrogen functional groups attached to an aromatic ring is 2. The van der Waals surface area contributed by atoms with Crippen LogP contribution < -0.4 is 22.1 Å². The van der Waals surface area contributed by atoms with Gasteiger partial charge < -0.3 is 27.2 Å². The van der Waals surface area contributed by atoms with E-state index in [1.165, 1.54) is 11.3 Å². The van der Waals surface area contributed by atoms with E-state index in [-0.39, 0.29) is 12.3 Å². The number of carbonyl (C=O) groups is 1. The van der Waals surface area contributed by atoms with Gasteiger partial charge in [-0.2, -0.15) is 0 Å². The van der Waals surface area contributed by atoms with Gasteiger partial charge in [0.25, 0.3) is 0 Å². The molecular weight excluding hydrogens is 388 g/mol. The number of hydrogen-bond acceptors (Lipinski definition) is 8. The largest absolute Gasteiger partial charge is 0.387 e. The predicted molar refractivity (Wildman–Crippen MR) is 115 cm³/mol. The third-order valence-electron chi connectivity index (χ3n) is 4.27. The minimum absolute atomic E-state index is 0.129. The highest BCUT2D eigenvalue weighted by atomic mass is 32.1. The molecule has 0 saturated heterocycles. The first kappa shape index (κ1) is 20.7. The van der Waals surface area contributed by atoms with Gasteiger partial charge in [-0.05, 0) is 36.7 Å². The molecule has 0 fully saturated rings. The normalized spacial score (nSPS) is 11.9. The van der Waals surface area contributed by atoms with Crippen molar-refractivity contribution < 1.29 is 9.90 Å². The Labute approximate surface area is 173 Å². The quantitative estimate of drug-likeness (QED) is 0.337. The van der Waals surface area contributed by atoms with Crippen LogP contribution in [0.4, 0.5) is 16.6 Å². The number of aromatic nitrogens is 2. The summed E-state index contributed by atoms with van der Waals surface area (Å²) in [6, 6.07) is 11.1. The lowest BCUT2D eigenvalue weighted by atomic mass is 10.1. The number of nitrogens with two attached hydrogens (primary N) is 2. The maximum Gasteiger partial charge on any atom is 0.230 e. The maximum atomic E-state index is 12.1. The number of rotatable bonds is 9. The van der Waals surface area contributed by atoms with Crippen LogP contribution in [0.15, 0.2) is 48.0 Å². The fourth-order valence-corrected chi connectivity index (χ4v) is 3.29. The maximum absolute atomic E-state index is 12.1. The highest BCUT2D eigenvalue weighted by Crippen LogP contribution is 2.14. The van der Waals surface area contributed by atoms with Crippen LogP contribution in [-0.2, 0) is 17.6 Å². The van der Waals surface area contributed by atoms with Gasteiger partial charge in [0, 0.05) is 29.4 Å². The molecule has 9 heteroatoms. The molecule has 0 saturated carbocycles. The predicted octanol–water partition coefficient (Wildman–Crippen LogP) is 1.75. The second kappa shape index (κ2) is 9.97. The van der Waals surface area contributed by atoms with Gasteiger partial charge in [0.2, 0.25) is 5.91 Å². The highest BCUT2D eigenvalue weighted by Gasteiger charge is 2.08. The number of benzene rings is 1. The molecule has 8 nitrogen and oxygen atoms in total. The fraction of sp³-hybridized carbons (Fsp3) is 0.250. The van der Waals surface area contributed by atoms with Gasteiger partial charge in [0.05, 0.1) is 18.2 Å². The zero-order chi connectivity index (χ0) is 20.6. The molecule has 152 valence electrons. The van der Waals surface area contributed by atoms with Crippen molar-refractivity contribution in [3.05, 3.63) is 64.8 Å². The van der Waals surface area contributed by atoms with E-state index >= 15 is 0 Å². The van der Waals surface area contributed by atoms with Crippen molar-refractivity contribution in [1.82, 2.24) is 15.3 Å². The van der Waals surface area contributed by atoms with Gasteiger partial charge in [-0.25, -0.2) is 9.97 Å². The number of anilines is 3. The van der Waals surface area contributed by atoms with Gasteiger partial charge in [-0.1, -0.05) is 18.2 Å². The monoisotopic (exact) mass is 412 g/mol. The van der Waals surface area contributed by atoms with E-state index in [9.17, 15) is 9.90 Å². The van der Waals surface area contributed by atoms with E-state index in [1.54, 1.807) is 23.7 Å². The number of aliphatic hydroxyl groups is 1. The molecule has 0 radical (unpaired) electrons. The Balaban J connectivity index is 1.38. The smallest absolute Gasteiger partial charge is 0.230 e. The second-order valence-corrected chi connectivity index (χ2v) is 7.47. The van der Waals surface area contributed by atoms with Crippen molar-refractivity contribution in [3.8, 4) is 0 Å². The lowest BCUT2D eigenvalue weighted by Gasteiger charge is -2.12. The van der Waals surface area contributed by atoms with Gasteiger partial charge in [-0.15, -0.1) is 11.3 Å². The van der Waals surface area contributed by atoms with Crippen molar-refractivity contribution in [2.75, 3.05) is 29.9 Å². The average Bonchev–Trinajstić information content (AvgIpc) is 3.11. The summed E-state index contributed by atoms with van der Waals surface area (Å²) in [6.45, 7) is 1.15. The molecule has 29 heavy (non-hydrogen) atoms. The lowest BCUT2D eigenvalue weighted by Crippen LogP contribution is -2.23. The van der Waals surface area contributed by atoms with E-state index in [0.29, 0.717) is 23.2 Å². The van der Waals surface area contributed by atoms with Crippen LogP contribution in [0.1, 0.15) is 22.9 Å². The number of hydrogen-bond donors (Lipinski definition) is 5. The van der Waals surface area contributed by atoms with Crippen LogP contribution in [-0.4, -0.2) is 34.1 Å². The molecule has 3 rings (SSSR count). The minimum Gasteiger partial charge on any atom is -0.387 e. The minimum atomic E-state index is -0.631. The molecule has 2 aromatic heterocycles. The number of amides is 1. The molecule has 1 amide bonds. The Kier molecular flexibility index (Phi) is 7.12. The molecular formula is C20H24N6O2S. The molecule has 0 bridgehead atoms. The first-order valence-corrected chi connectivity index (χ1v) is 10.1. The van der Waals surface area contributed by atoms with E-state index < -0.39 is 6.10 Å². The Morgan fingerprint density at radius 3 is 2.62 bits per heavy atom. The standard InChI is InChI=1S/C20H24N6O2S/c21-18-6-3-14(10-24-18)17(27)11-23-8-7-13-1-4-15(5-2-13)25-19(28)9-16-12-29-20(22)26-16/h1-6,10,12,17,23,27H,7-9,11H2,(H2,21,24)(H2,22,26)(H,25,28)/t17-/m0/s1. The van der Waals surface area contributed by atoms with Crippen LogP contribution in [0.5, 0.6) is 0 Å². The Morgan fingerprint density at radius 2 is 1.97 bits per heavy atom. The summed E-state index contributed by atoms with van der Waals surface area (Å²) in [4.78, 5) is 20.1. The summed E-state index contributed by atoms with van der Waals surface area (Å²) in [5, 5.41) is 18.5. The van der Waals surface area contributed by atoms with Crippen LogP contribution in [0, 0.1) is 0 Å². The molecule has 1 atom stereocenters. The van der Waals surface area contributed by atoms with E-state index in [1.807, 2.05) is 24.3 Å². The molecule has 0 unspecified atom stereocenters. The molecule has 7 N–H and O–H groups in total. The number of nitrogens with zero attached hydrogens (tertiary/aromatic N) is 2. The average molecular weight is 413 g/mol. The lowest BCUT2D eigenvalue weighted by molar-refractivity contribution is -0.115. The van der Waals surface area contributed by atoms with Gasteiger partial charge in [-0.3, -0.25) is 4.79 Å². The van der Waals surface area contributed by atoms with Crippen LogP contribution in [0.3, 0.4) is 0 Å². The molecule has 2 heterocycles. The molecule has 0 spiro atoms. The van der Waals surface area contributed by atoms with Gasteiger partial charge in [0.1, 0.15) is 5.82 Å². The van der Waals surface area contributed by atoms with Crippen molar-refractivity contribution >= 4 is 33.9 Å². The molecule has 3 aromatic rings. The summed E-state index contributed by atoms with van der Waals surface area (Å²) in [5.74, 6) is 0.303. The Morgan fingerprint density at radius 1 is 1.17 bits per heavy atom. The molecule has 0 aliphatic heterocycles. The van der Waals surface area contributed by atoms with Crippen molar-refractivity contribution in [2.24, 2.45) is 0 Å². The number of carbonyl (C=O) groups excluding carboxylic acids is 1. The van der Waals surface area contributed by atoms with Crippen molar-refractivity contribution in [2.45, 2.75) is 18.9 Å².